The zero-order valence-electron chi connectivity index (χ0n) is 14.0. The number of nitrogens with zero attached hydrogens (tertiary/aromatic N) is 1. The highest BCUT2D eigenvalue weighted by molar-refractivity contribution is 9.11. The summed E-state index contributed by atoms with van der Waals surface area (Å²) in [5.74, 6) is 0.381. The number of thiazole rings is 1. The van der Waals surface area contributed by atoms with E-state index in [0.29, 0.717) is 15.9 Å². The van der Waals surface area contributed by atoms with E-state index in [1.165, 1.54) is 17.4 Å². The Morgan fingerprint density at radius 1 is 1.26 bits per heavy atom. The van der Waals surface area contributed by atoms with Crippen LogP contribution in [0.3, 0.4) is 0 Å². The summed E-state index contributed by atoms with van der Waals surface area (Å²) in [6, 6.07) is 11.1. The van der Waals surface area contributed by atoms with E-state index in [1.54, 1.807) is 25.3 Å². The number of ether oxygens (including phenoxy) is 1. The maximum atomic E-state index is 12.2. The lowest BCUT2D eigenvalue weighted by Crippen LogP contribution is -2.07. The van der Waals surface area contributed by atoms with Crippen molar-refractivity contribution in [3.8, 4) is 17.0 Å². The molecule has 0 aliphatic rings. The number of carbonyl (C=O) groups is 1. The fourth-order valence-corrected chi connectivity index (χ4v) is 4.59. The summed E-state index contributed by atoms with van der Waals surface area (Å²) in [4.78, 5) is 16.7. The van der Waals surface area contributed by atoms with Gasteiger partial charge in [-0.05, 0) is 46.3 Å². The summed E-state index contributed by atoms with van der Waals surface area (Å²) in [5, 5.41) is 5.85. The summed E-state index contributed by atoms with van der Waals surface area (Å²) >= 11 is 14.1. The van der Waals surface area contributed by atoms with Crippen molar-refractivity contribution in [2.24, 2.45) is 0 Å². The smallest absolute Gasteiger partial charge is 0.250 e. The molecule has 2 aromatic carbocycles. The van der Waals surface area contributed by atoms with Crippen molar-refractivity contribution in [3.05, 3.63) is 67.4 Å². The molecule has 8 heteroatoms. The van der Waals surface area contributed by atoms with Gasteiger partial charge >= 0.3 is 0 Å². The summed E-state index contributed by atoms with van der Waals surface area (Å²) in [6.45, 7) is 0. The van der Waals surface area contributed by atoms with Crippen molar-refractivity contribution in [2.45, 2.75) is 0 Å². The molecular weight excluding hydrogens is 516 g/mol. The van der Waals surface area contributed by atoms with Gasteiger partial charge in [-0.3, -0.25) is 10.1 Å². The van der Waals surface area contributed by atoms with E-state index in [4.69, 9.17) is 16.3 Å². The lowest BCUT2D eigenvalue weighted by atomic mass is 10.2. The molecule has 1 aromatic heterocycles. The summed E-state index contributed by atoms with van der Waals surface area (Å²) in [7, 11) is 1.58. The minimum atomic E-state index is -0.273. The van der Waals surface area contributed by atoms with E-state index in [2.05, 4.69) is 42.2 Å². The third kappa shape index (κ3) is 5.19. The zero-order chi connectivity index (χ0) is 19.4. The number of halogens is 3. The Bertz CT molecular complexity index is 1000. The van der Waals surface area contributed by atoms with Crippen molar-refractivity contribution in [1.82, 2.24) is 4.98 Å². The second-order valence-electron chi connectivity index (χ2n) is 5.38. The topological polar surface area (TPSA) is 51.2 Å². The monoisotopic (exact) mass is 526 g/mol. The second kappa shape index (κ2) is 9.01. The van der Waals surface area contributed by atoms with Crippen LogP contribution in [0.15, 0.2) is 56.8 Å². The van der Waals surface area contributed by atoms with E-state index in [-0.39, 0.29) is 5.91 Å². The normalized spacial score (nSPS) is 11.0. The number of methoxy groups -OCH3 is 1. The first kappa shape index (κ1) is 20.1. The standard InChI is InChI=1S/C19H13Br2ClN2O2S/c1-26-18-12(8-13(20)9-15(18)21)4-7-17(25)24-19-23-16(10-27-19)11-2-5-14(22)6-3-11/h2-10H,1H3,(H,23,24,25)/b7-4+. The van der Waals surface area contributed by atoms with Crippen LogP contribution in [0.5, 0.6) is 5.75 Å². The van der Waals surface area contributed by atoms with E-state index in [9.17, 15) is 4.79 Å². The summed E-state index contributed by atoms with van der Waals surface area (Å²) in [6.07, 6.45) is 3.14. The molecule has 0 atom stereocenters. The molecule has 0 aliphatic carbocycles. The van der Waals surface area contributed by atoms with Crippen LogP contribution in [0.1, 0.15) is 5.56 Å². The van der Waals surface area contributed by atoms with Gasteiger partial charge in [-0.25, -0.2) is 4.98 Å². The molecule has 0 saturated carbocycles. The van der Waals surface area contributed by atoms with Gasteiger partial charge in [-0.1, -0.05) is 39.7 Å². The molecular formula is C19H13Br2ClN2O2S. The molecule has 0 spiro atoms. The molecule has 0 radical (unpaired) electrons. The van der Waals surface area contributed by atoms with Crippen molar-refractivity contribution in [1.29, 1.82) is 0 Å². The average molecular weight is 529 g/mol. The van der Waals surface area contributed by atoms with Gasteiger partial charge in [0.2, 0.25) is 5.91 Å². The number of amides is 1. The second-order valence-corrected chi connectivity index (χ2v) is 8.44. The highest BCUT2D eigenvalue weighted by Crippen LogP contribution is 2.33. The molecule has 0 saturated heterocycles. The molecule has 27 heavy (non-hydrogen) atoms. The molecule has 3 rings (SSSR count). The third-order valence-electron chi connectivity index (χ3n) is 3.53. The first-order chi connectivity index (χ1) is 13.0. The Morgan fingerprint density at radius 2 is 2.00 bits per heavy atom. The number of hydrogen-bond acceptors (Lipinski definition) is 4. The largest absolute Gasteiger partial charge is 0.495 e. The molecule has 1 N–H and O–H groups in total. The zero-order valence-corrected chi connectivity index (χ0v) is 18.7. The predicted octanol–water partition coefficient (Wildman–Crippen LogP) is 6.65. The van der Waals surface area contributed by atoms with E-state index < -0.39 is 0 Å². The lowest BCUT2D eigenvalue weighted by molar-refractivity contribution is -0.111. The van der Waals surface area contributed by atoms with Crippen LogP contribution in [0.25, 0.3) is 17.3 Å². The Hall–Kier alpha value is -1.67. The molecule has 0 aliphatic heterocycles. The molecule has 0 bridgehead atoms. The minimum Gasteiger partial charge on any atom is -0.495 e. The Morgan fingerprint density at radius 3 is 2.70 bits per heavy atom. The van der Waals surface area contributed by atoms with Gasteiger partial charge < -0.3 is 4.74 Å². The van der Waals surface area contributed by atoms with E-state index in [0.717, 1.165) is 25.8 Å². The van der Waals surface area contributed by atoms with Crippen LogP contribution in [0, 0.1) is 0 Å². The molecule has 3 aromatic rings. The molecule has 4 nitrogen and oxygen atoms in total. The summed E-state index contributed by atoms with van der Waals surface area (Å²) < 4.78 is 7.05. The number of benzene rings is 2. The SMILES string of the molecule is COc1c(Br)cc(Br)cc1/C=C/C(=O)Nc1nc(-c2ccc(Cl)cc2)cs1. The van der Waals surface area contributed by atoms with Crippen molar-refractivity contribution in [3.63, 3.8) is 0 Å². The van der Waals surface area contributed by atoms with Crippen molar-refractivity contribution >= 4 is 71.9 Å². The van der Waals surface area contributed by atoms with Gasteiger partial charge in [0.25, 0.3) is 0 Å². The van der Waals surface area contributed by atoms with Crippen LogP contribution in [0.2, 0.25) is 5.02 Å². The van der Waals surface area contributed by atoms with Gasteiger partial charge in [0.05, 0.1) is 17.3 Å². The third-order valence-corrected chi connectivity index (χ3v) is 5.59. The predicted molar refractivity (Wildman–Crippen MR) is 119 cm³/mol. The molecule has 0 fully saturated rings. The highest BCUT2D eigenvalue weighted by atomic mass is 79.9. The number of carbonyl (C=O) groups excluding carboxylic acids is 1. The van der Waals surface area contributed by atoms with Gasteiger partial charge in [-0.15, -0.1) is 11.3 Å². The molecule has 1 heterocycles. The van der Waals surface area contributed by atoms with Gasteiger partial charge in [0, 0.05) is 32.1 Å². The fraction of sp³-hybridized carbons (Fsp3) is 0.0526. The van der Waals surface area contributed by atoms with Crippen LogP contribution >= 0.6 is 54.8 Å². The molecule has 138 valence electrons. The van der Waals surface area contributed by atoms with Crippen LogP contribution in [0.4, 0.5) is 5.13 Å². The number of anilines is 1. The minimum absolute atomic E-state index is 0.273. The Kier molecular flexibility index (Phi) is 6.70. The van der Waals surface area contributed by atoms with Crippen LogP contribution < -0.4 is 10.1 Å². The average Bonchev–Trinajstić information content (AvgIpc) is 3.08. The van der Waals surface area contributed by atoms with E-state index >= 15 is 0 Å². The van der Waals surface area contributed by atoms with Gasteiger partial charge in [0.1, 0.15) is 5.75 Å². The molecule has 0 unspecified atom stereocenters. The summed E-state index contributed by atoms with van der Waals surface area (Å²) in [5.41, 5.74) is 2.50. The Balaban J connectivity index is 1.72. The van der Waals surface area contributed by atoms with Gasteiger partial charge in [0.15, 0.2) is 5.13 Å². The first-order valence-electron chi connectivity index (χ1n) is 7.70. The Labute approximate surface area is 182 Å². The fourth-order valence-electron chi connectivity index (χ4n) is 2.32. The number of hydrogen-bond donors (Lipinski definition) is 1. The number of nitrogens with one attached hydrogen (secondary N) is 1. The highest BCUT2D eigenvalue weighted by Gasteiger charge is 2.09. The first-order valence-corrected chi connectivity index (χ1v) is 10.5. The van der Waals surface area contributed by atoms with Gasteiger partial charge in [-0.2, -0.15) is 0 Å². The van der Waals surface area contributed by atoms with Crippen LogP contribution in [-0.4, -0.2) is 18.0 Å². The maximum absolute atomic E-state index is 12.2. The van der Waals surface area contributed by atoms with Crippen LogP contribution in [-0.2, 0) is 4.79 Å². The van der Waals surface area contributed by atoms with Crippen molar-refractivity contribution in [2.75, 3.05) is 12.4 Å². The van der Waals surface area contributed by atoms with E-state index in [1.807, 2.05) is 29.6 Å². The quantitative estimate of drug-likeness (QED) is 0.377. The van der Waals surface area contributed by atoms with Crippen molar-refractivity contribution < 1.29 is 9.53 Å². The number of rotatable bonds is 5. The molecule has 1 amide bonds. The number of aromatic nitrogens is 1. The lowest BCUT2D eigenvalue weighted by Gasteiger charge is -2.08. The maximum Gasteiger partial charge on any atom is 0.250 e.